The summed E-state index contributed by atoms with van der Waals surface area (Å²) in [6.45, 7) is 1.68. The fourth-order valence-corrected chi connectivity index (χ4v) is 3.94. The topological polar surface area (TPSA) is 63.5 Å². The van der Waals surface area contributed by atoms with Crippen molar-refractivity contribution in [2.75, 3.05) is 0 Å². The number of benzene rings is 1. The van der Waals surface area contributed by atoms with Crippen molar-refractivity contribution in [2.45, 2.75) is 24.5 Å². The summed E-state index contributed by atoms with van der Waals surface area (Å²) in [5.74, 6) is 0. The summed E-state index contributed by atoms with van der Waals surface area (Å²) in [7, 11) is -4.25. The second-order valence-corrected chi connectivity index (χ2v) is 7.74. The summed E-state index contributed by atoms with van der Waals surface area (Å²) in [5.41, 5.74) is 0.873. The molecule has 0 saturated heterocycles. The lowest BCUT2D eigenvalue weighted by atomic mass is 10.2. The molecule has 0 aliphatic heterocycles. The van der Waals surface area contributed by atoms with Crippen molar-refractivity contribution in [3.63, 3.8) is 0 Å². The van der Waals surface area contributed by atoms with Gasteiger partial charge in [-0.1, -0.05) is 17.7 Å². The highest BCUT2D eigenvalue weighted by Crippen LogP contribution is 2.33. The SMILES string of the molecule is Cc1cccc2nc(CNS(=O)(=O)c3cc(C(F)(F)F)ccc3Cl)cn12. The molecule has 0 saturated carbocycles. The van der Waals surface area contributed by atoms with Crippen LogP contribution in [0.4, 0.5) is 13.2 Å². The number of hydrogen-bond acceptors (Lipinski definition) is 3. The molecule has 0 aliphatic carbocycles. The van der Waals surface area contributed by atoms with Crippen molar-refractivity contribution >= 4 is 27.3 Å². The van der Waals surface area contributed by atoms with E-state index in [9.17, 15) is 21.6 Å². The zero-order chi connectivity index (χ0) is 19.1. The van der Waals surface area contributed by atoms with Crippen LogP contribution < -0.4 is 4.72 Å². The van der Waals surface area contributed by atoms with E-state index in [1.54, 1.807) is 16.7 Å². The fourth-order valence-electron chi connectivity index (χ4n) is 2.42. The van der Waals surface area contributed by atoms with Crippen LogP contribution in [0, 0.1) is 6.92 Å². The van der Waals surface area contributed by atoms with Gasteiger partial charge in [-0.15, -0.1) is 0 Å². The molecule has 0 fully saturated rings. The number of rotatable bonds is 4. The molecule has 3 rings (SSSR count). The number of nitrogens with one attached hydrogen (secondary N) is 1. The monoisotopic (exact) mass is 403 g/mol. The Balaban J connectivity index is 1.88. The van der Waals surface area contributed by atoms with Gasteiger partial charge in [-0.3, -0.25) is 0 Å². The van der Waals surface area contributed by atoms with Gasteiger partial charge >= 0.3 is 6.18 Å². The van der Waals surface area contributed by atoms with Crippen molar-refractivity contribution in [3.8, 4) is 0 Å². The molecule has 0 unspecified atom stereocenters. The third kappa shape index (κ3) is 3.69. The Morgan fingerprint density at radius 2 is 1.96 bits per heavy atom. The van der Waals surface area contributed by atoms with Crippen LogP contribution >= 0.6 is 11.6 Å². The first-order valence-electron chi connectivity index (χ1n) is 7.38. The van der Waals surface area contributed by atoms with Crippen molar-refractivity contribution < 1.29 is 21.6 Å². The molecule has 5 nitrogen and oxygen atoms in total. The second kappa shape index (κ2) is 6.57. The van der Waals surface area contributed by atoms with Crippen molar-refractivity contribution in [1.29, 1.82) is 0 Å². The zero-order valence-corrected chi connectivity index (χ0v) is 15.0. The predicted molar refractivity (Wildman–Crippen MR) is 90.4 cm³/mol. The number of nitrogens with zero attached hydrogens (tertiary/aromatic N) is 2. The lowest BCUT2D eigenvalue weighted by Crippen LogP contribution is -2.24. The van der Waals surface area contributed by atoms with E-state index in [-0.39, 0.29) is 11.6 Å². The Hall–Kier alpha value is -2.10. The summed E-state index contributed by atoms with van der Waals surface area (Å²) in [5, 5.41) is -0.295. The van der Waals surface area contributed by atoms with Gasteiger partial charge in [-0.25, -0.2) is 18.1 Å². The number of aryl methyl sites for hydroxylation is 1. The number of fused-ring (bicyclic) bond motifs is 1. The number of alkyl halides is 3. The highest BCUT2D eigenvalue weighted by atomic mass is 35.5. The Bertz CT molecular complexity index is 1080. The van der Waals surface area contributed by atoms with E-state index < -0.39 is 26.7 Å². The van der Waals surface area contributed by atoms with E-state index in [0.29, 0.717) is 17.4 Å². The normalized spacial score (nSPS) is 12.7. The maximum absolute atomic E-state index is 12.8. The maximum atomic E-state index is 12.8. The van der Waals surface area contributed by atoms with Gasteiger partial charge in [0.15, 0.2) is 0 Å². The third-order valence-electron chi connectivity index (χ3n) is 3.74. The smallest absolute Gasteiger partial charge is 0.304 e. The summed E-state index contributed by atoms with van der Waals surface area (Å²) in [6, 6.07) is 7.59. The second-order valence-electron chi connectivity index (χ2n) is 5.60. The van der Waals surface area contributed by atoms with E-state index in [1.165, 1.54) is 0 Å². The molecule has 1 N–H and O–H groups in total. The molecule has 1 aromatic carbocycles. The van der Waals surface area contributed by atoms with Gasteiger partial charge in [0.1, 0.15) is 10.5 Å². The van der Waals surface area contributed by atoms with Crippen LogP contribution in [0.15, 0.2) is 47.5 Å². The van der Waals surface area contributed by atoms with Crippen LogP contribution in [0.1, 0.15) is 17.0 Å². The molecule has 0 amide bonds. The van der Waals surface area contributed by atoms with Gasteiger partial charge in [0, 0.05) is 11.9 Å². The van der Waals surface area contributed by atoms with Crippen LogP contribution in [0.2, 0.25) is 5.02 Å². The summed E-state index contributed by atoms with van der Waals surface area (Å²) in [6.07, 6.45) is -3.02. The number of sulfonamides is 1. The molecule has 10 heteroatoms. The maximum Gasteiger partial charge on any atom is 0.416 e. The number of halogens is 4. The summed E-state index contributed by atoms with van der Waals surface area (Å²) < 4.78 is 67.3. The van der Waals surface area contributed by atoms with Crippen molar-refractivity contribution in [2.24, 2.45) is 0 Å². The number of imidazole rings is 1. The van der Waals surface area contributed by atoms with Crippen LogP contribution in [0.3, 0.4) is 0 Å². The highest BCUT2D eigenvalue weighted by Gasteiger charge is 2.32. The molecule has 0 spiro atoms. The standard InChI is InChI=1S/C16H13ClF3N3O2S/c1-10-3-2-4-15-22-12(9-23(10)15)8-21-26(24,25)14-7-11(16(18,19)20)5-6-13(14)17/h2-7,9,21H,8H2,1H3. The van der Waals surface area contributed by atoms with Crippen molar-refractivity contribution in [1.82, 2.24) is 14.1 Å². The molecule has 0 aliphatic rings. The molecule has 2 heterocycles. The first kappa shape index (κ1) is 18.7. The van der Waals surface area contributed by atoms with Gasteiger partial charge in [-0.2, -0.15) is 13.2 Å². The number of aromatic nitrogens is 2. The summed E-state index contributed by atoms with van der Waals surface area (Å²) in [4.78, 5) is 3.64. The van der Waals surface area contributed by atoms with E-state index in [2.05, 4.69) is 9.71 Å². The molecule has 2 aromatic heterocycles. The third-order valence-corrected chi connectivity index (χ3v) is 5.62. The fraction of sp³-hybridized carbons (Fsp3) is 0.188. The molecular formula is C16H13ClF3N3O2S. The van der Waals surface area contributed by atoms with Crippen LogP contribution in [-0.2, 0) is 22.7 Å². The lowest BCUT2D eigenvalue weighted by molar-refractivity contribution is -0.137. The van der Waals surface area contributed by atoms with Crippen molar-refractivity contribution in [3.05, 3.63) is 64.6 Å². The van der Waals surface area contributed by atoms with E-state index in [1.807, 2.05) is 19.1 Å². The minimum Gasteiger partial charge on any atom is -0.304 e. The molecule has 26 heavy (non-hydrogen) atoms. The van der Waals surface area contributed by atoms with Gasteiger partial charge < -0.3 is 4.40 Å². The number of hydrogen-bond donors (Lipinski definition) is 1. The minimum absolute atomic E-state index is 0.184. The minimum atomic E-state index is -4.67. The highest BCUT2D eigenvalue weighted by molar-refractivity contribution is 7.89. The Kier molecular flexibility index (Phi) is 4.72. The first-order valence-corrected chi connectivity index (χ1v) is 9.24. The van der Waals surface area contributed by atoms with E-state index in [4.69, 9.17) is 11.6 Å². The molecule has 0 atom stereocenters. The Morgan fingerprint density at radius 3 is 2.62 bits per heavy atom. The number of pyridine rings is 1. The Morgan fingerprint density at radius 1 is 1.23 bits per heavy atom. The molecule has 0 radical (unpaired) electrons. The molecule has 0 bridgehead atoms. The quantitative estimate of drug-likeness (QED) is 0.720. The van der Waals surface area contributed by atoms with Gasteiger partial charge in [0.25, 0.3) is 0 Å². The molecular weight excluding hydrogens is 391 g/mol. The van der Waals surface area contributed by atoms with Crippen LogP contribution in [0.5, 0.6) is 0 Å². The molecule has 3 aromatic rings. The van der Waals surface area contributed by atoms with Crippen LogP contribution in [-0.4, -0.2) is 17.8 Å². The van der Waals surface area contributed by atoms with Gasteiger partial charge in [-0.05, 0) is 37.3 Å². The van der Waals surface area contributed by atoms with Gasteiger partial charge in [0.05, 0.1) is 22.8 Å². The van der Waals surface area contributed by atoms with Crippen LogP contribution in [0.25, 0.3) is 5.65 Å². The van der Waals surface area contributed by atoms with E-state index in [0.717, 1.165) is 17.8 Å². The zero-order valence-electron chi connectivity index (χ0n) is 13.4. The Labute approximate surface area is 152 Å². The first-order chi connectivity index (χ1) is 12.1. The largest absolute Gasteiger partial charge is 0.416 e. The average Bonchev–Trinajstić information content (AvgIpc) is 2.97. The lowest BCUT2D eigenvalue weighted by Gasteiger charge is -2.11. The summed E-state index contributed by atoms with van der Waals surface area (Å²) >= 11 is 5.79. The predicted octanol–water partition coefficient (Wildman–Crippen LogP) is 3.79. The van der Waals surface area contributed by atoms with E-state index >= 15 is 0 Å². The average molecular weight is 404 g/mol. The van der Waals surface area contributed by atoms with Gasteiger partial charge in [0.2, 0.25) is 10.0 Å². The molecule has 138 valence electrons.